The van der Waals surface area contributed by atoms with E-state index in [0.29, 0.717) is 18.9 Å². The number of halogens is 2. The van der Waals surface area contributed by atoms with Gasteiger partial charge in [0.1, 0.15) is 22.1 Å². The summed E-state index contributed by atoms with van der Waals surface area (Å²) in [5.41, 5.74) is -1.03. The van der Waals surface area contributed by atoms with E-state index in [1.165, 1.54) is 0 Å². The molecular weight excluding hydrogens is 430 g/mol. The number of carbonyl (C=O) groups excluding carboxylic acids is 2. The number of piperidine rings is 1. The summed E-state index contributed by atoms with van der Waals surface area (Å²) in [6, 6.07) is 2.30. The molecule has 1 amide bonds. The normalized spacial score (nSPS) is 20.2. The van der Waals surface area contributed by atoms with Gasteiger partial charge in [-0.2, -0.15) is 4.31 Å². The van der Waals surface area contributed by atoms with Crippen molar-refractivity contribution in [2.75, 3.05) is 19.7 Å². The van der Waals surface area contributed by atoms with Gasteiger partial charge >= 0.3 is 5.97 Å². The Bertz CT molecular complexity index is 924. The van der Waals surface area contributed by atoms with Crippen molar-refractivity contribution in [2.45, 2.75) is 62.3 Å². The van der Waals surface area contributed by atoms with Crippen LogP contribution < -0.4 is 5.32 Å². The summed E-state index contributed by atoms with van der Waals surface area (Å²) in [7, 11) is -4.21. The van der Waals surface area contributed by atoms with Crippen LogP contribution in [0, 0.1) is 17.6 Å². The Balaban J connectivity index is 1.66. The third-order valence-electron chi connectivity index (χ3n) is 6.07. The maximum Gasteiger partial charge on any atom is 0.331 e. The largest absolute Gasteiger partial charge is 0.464 e. The number of nitrogens with zero attached hydrogens (tertiary/aromatic N) is 1. The molecule has 31 heavy (non-hydrogen) atoms. The molecule has 1 aliphatic heterocycles. The van der Waals surface area contributed by atoms with E-state index in [9.17, 15) is 26.8 Å². The molecule has 3 rings (SSSR count). The summed E-state index contributed by atoms with van der Waals surface area (Å²) in [5, 5.41) is 2.90. The van der Waals surface area contributed by atoms with Gasteiger partial charge in [-0.3, -0.25) is 4.79 Å². The van der Waals surface area contributed by atoms with Crippen LogP contribution in [0.4, 0.5) is 8.78 Å². The average molecular weight is 459 g/mol. The molecule has 1 aromatic rings. The molecular formula is C21H28F2N2O5S. The number of amides is 1. The highest BCUT2D eigenvalue weighted by atomic mass is 32.2. The molecule has 0 radical (unpaired) electrons. The number of carbonyl (C=O) groups is 2. The van der Waals surface area contributed by atoms with E-state index in [1.54, 1.807) is 6.92 Å². The van der Waals surface area contributed by atoms with E-state index >= 15 is 0 Å². The van der Waals surface area contributed by atoms with Gasteiger partial charge < -0.3 is 10.1 Å². The number of esters is 1. The second-order valence-electron chi connectivity index (χ2n) is 8.11. The summed E-state index contributed by atoms with van der Waals surface area (Å²) in [4.78, 5) is 24.7. The van der Waals surface area contributed by atoms with E-state index in [0.717, 1.165) is 35.7 Å². The molecule has 1 N–H and O–H groups in total. The number of benzene rings is 1. The van der Waals surface area contributed by atoms with Crippen molar-refractivity contribution in [2.24, 2.45) is 5.92 Å². The summed E-state index contributed by atoms with van der Waals surface area (Å²) in [6.45, 7) is 1.95. The number of hydrogen-bond donors (Lipinski definition) is 1. The van der Waals surface area contributed by atoms with Gasteiger partial charge in [-0.15, -0.1) is 0 Å². The number of sulfonamides is 1. The predicted molar refractivity (Wildman–Crippen MR) is 108 cm³/mol. The van der Waals surface area contributed by atoms with Gasteiger partial charge in [-0.1, -0.05) is 19.3 Å². The number of rotatable bonds is 6. The fourth-order valence-electron chi connectivity index (χ4n) is 4.31. The molecule has 1 aliphatic carbocycles. The molecule has 7 nitrogen and oxygen atoms in total. The zero-order chi connectivity index (χ0) is 22.6. The lowest BCUT2D eigenvalue weighted by molar-refractivity contribution is -0.155. The van der Waals surface area contributed by atoms with E-state index in [2.05, 4.69) is 5.32 Å². The number of ether oxygens (including phenoxy) is 1. The second-order valence-corrected chi connectivity index (χ2v) is 10.0. The van der Waals surface area contributed by atoms with Crippen LogP contribution >= 0.6 is 0 Å². The maximum absolute atomic E-state index is 14.0. The maximum atomic E-state index is 14.0. The lowest BCUT2D eigenvalue weighted by Crippen LogP contribution is -2.58. The van der Waals surface area contributed by atoms with Gasteiger partial charge in [0.05, 0.1) is 6.61 Å². The van der Waals surface area contributed by atoms with Crippen molar-refractivity contribution >= 4 is 21.9 Å². The van der Waals surface area contributed by atoms with Crippen LogP contribution in [0.2, 0.25) is 0 Å². The Morgan fingerprint density at radius 1 is 1.16 bits per heavy atom. The lowest BCUT2D eigenvalue weighted by Gasteiger charge is -2.38. The molecule has 0 aromatic heterocycles. The topological polar surface area (TPSA) is 92.8 Å². The van der Waals surface area contributed by atoms with Crippen molar-refractivity contribution in [1.29, 1.82) is 0 Å². The summed E-state index contributed by atoms with van der Waals surface area (Å²) < 4.78 is 59.1. The molecule has 2 fully saturated rings. The number of hydrogen-bond acceptors (Lipinski definition) is 5. The molecule has 0 unspecified atom stereocenters. The Kier molecular flexibility index (Phi) is 7.31. The molecule has 10 heteroatoms. The van der Waals surface area contributed by atoms with Gasteiger partial charge in [-0.05, 0) is 50.8 Å². The first-order valence-electron chi connectivity index (χ1n) is 10.6. The van der Waals surface area contributed by atoms with Crippen LogP contribution in [0.15, 0.2) is 23.1 Å². The predicted octanol–water partition coefficient (Wildman–Crippen LogP) is 2.75. The minimum Gasteiger partial charge on any atom is -0.464 e. The van der Waals surface area contributed by atoms with Crippen molar-refractivity contribution in [3.05, 3.63) is 29.8 Å². The van der Waals surface area contributed by atoms with Gasteiger partial charge in [-0.25, -0.2) is 22.0 Å². The Hall–Kier alpha value is -2.07. The first-order chi connectivity index (χ1) is 14.7. The molecule has 2 aliphatic rings. The molecule has 0 spiro atoms. The van der Waals surface area contributed by atoms with E-state index in [1.807, 2.05) is 0 Å². The first kappa shape index (κ1) is 23.6. The van der Waals surface area contributed by atoms with Crippen molar-refractivity contribution in [3.63, 3.8) is 0 Å². The second kappa shape index (κ2) is 9.60. The minimum atomic E-state index is -4.21. The van der Waals surface area contributed by atoms with Crippen LogP contribution in [0.5, 0.6) is 0 Å². The monoisotopic (exact) mass is 458 g/mol. The highest BCUT2D eigenvalue weighted by Gasteiger charge is 2.44. The first-order valence-corrected chi connectivity index (χ1v) is 12.1. The molecule has 0 atom stereocenters. The standard InChI is InChI=1S/C21H28F2N2O5S/c1-2-30-20(27)21(10-4-3-5-11-21)24-19(26)15-8-12-25(13-9-15)31(28,29)18-14-16(22)6-7-17(18)23/h6-7,14-15H,2-5,8-13H2,1H3,(H,24,26). The number of nitrogens with one attached hydrogen (secondary N) is 1. The molecule has 1 heterocycles. The zero-order valence-electron chi connectivity index (χ0n) is 17.5. The van der Waals surface area contributed by atoms with E-state index in [4.69, 9.17) is 4.74 Å². The van der Waals surface area contributed by atoms with Crippen LogP contribution in [-0.4, -0.2) is 49.8 Å². The highest BCUT2D eigenvalue weighted by molar-refractivity contribution is 7.89. The van der Waals surface area contributed by atoms with Crippen LogP contribution in [0.3, 0.4) is 0 Å². The SMILES string of the molecule is CCOC(=O)C1(NC(=O)C2CCN(S(=O)(=O)c3cc(F)ccc3F)CC2)CCCCC1. The van der Waals surface area contributed by atoms with Crippen LogP contribution in [0.25, 0.3) is 0 Å². The summed E-state index contributed by atoms with van der Waals surface area (Å²) >= 11 is 0. The Morgan fingerprint density at radius 2 is 1.81 bits per heavy atom. The van der Waals surface area contributed by atoms with Crippen molar-refractivity contribution in [3.8, 4) is 0 Å². The van der Waals surface area contributed by atoms with Crippen molar-refractivity contribution < 1.29 is 31.5 Å². The summed E-state index contributed by atoms with van der Waals surface area (Å²) in [6.07, 6.45) is 4.10. The fraction of sp³-hybridized carbons (Fsp3) is 0.619. The Morgan fingerprint density at radius 3 is 2.42 bits per heavy atom. The third kappa shape index (κ3) is 5.06. The summed E-state index contributed by atoms with van der Waals surface area (Å²) in [5.74, 6) is -3.06. The van der Waals surface area contributed by atoms with Gasteiger partial charge in [0.2, 0.25) is 15.9 Å². The van der Waals surface area contributed by atoms with Crippen LogP contribution in [-0.2, 0) is 24.3 Å². The van der Waals surface area contributed by atoms with E-state index in [-0.39, 0.29) is 38.4 Å². The van der Waals surface area contributed by atoms with Gasteiger partial charge in [0, 0.05) is 19.0 Å². The highest BCUT2D eigenvalue weighted by Crippen LogP contribution is 2.31. The molecule has 0 bridgehead atoms. The third-order valence-corrected chi connectivity index (χ3v) is 7.99. The minimum absolute atomic E-state index is 0.00276. The molecule has 1 saturated heterocycles. The quantitative estimate of drug-likeness (QED) is 0.662. The van der Waals surface area contributed by atoms with Gasteiger partial charge in [0.25, 0.3) is 0 Å². The molecule has 172 valence electrons. The van der Waals surface area contributed by atoms with Crippen molar-refractivity contribution in [1.82, 2.24) is 9.62 Å². The zero-order valence-corrected chi connectivity index (χ0v) is 18.3. The smallest absolute Gasteiger partial charge is 0.331 e. The Labute approximate surface area is 181 Å². The van der Waals surface area contributed by atoms with Crippen LogP contribution in [0.1, 0.15) is 51.9 Å². The van der Waals surface area contributed by atoms with Gasteiger partial charge in [0.15, 0.2) is 0 Å². The average Bonchev–Trinajstić information content (AvgIpc) is 2.76. The van der Waals surface area contributed by atoms with E-state index < -0.39 is 44.0 Å². The molecule has 1 aromatic carbocycles. The fourth-order valence-corrected chi connectivity index (χ4v) is 5.86. The molecule has 1 saturated carbocycles. The lowest BCUT2D eigenvalue weighted by atomic mass is 9.81.